The predicted molar refractivity (Wildman–Crippen MR) is 111 cm³/mol. The fraction of sp³-hybridized carbons (Fsp3) is 0.292. The molecule has 0 amide bonds. The fourth-order valence-corrected chi connectivity index (χ4v) is 3.65. The van der Waals surface area contributed by atoms with E-state index in [0.29, 0.717) is 6.04 Å². The molecule has 0 saturated heterocycles. The van der Waals surface area contributed by atoms with E-state index in [2.05, 4.69) is 74.8 Å². The highest BCUT2D eigenvalue weighted by Crippen LogP contribution is 2.24. The van der Waals surface area contributed by atoms with E-state index in [0.717, 1.165) is 12.2 Å². The van der Waals surface area contributed by atoms with Crippen molar-refractivity contribution in [3.63, 3.8) is 0 Å². The van der Waals surface area contributed by atoms with Crippen molar-refractivity contribution in [3.05, 3.63) is 77.9 Å². The first kappa shape index (κ1) is 21.5. The maximum Gasteiger partial charge on any atom is 0.119 e. The standard InChI is InChI=1S/C23H27NO.CH2O2/c1-24(2)23(20-13-7-14-21(17-20)25-3)16-8-12-19-11-6-10-18-9-4-5-15-22(18)19;2-1-3/h4-7,9-11,13-15,17,23H,8,12,16H2,1-3H3;1H,(H,2,3). The summed E-state index contributed by atoms with van der Waals surface area (Å²) in [4.78, 5) is 9.71. The maximum atomic E-state index is 8.25. The van der Waals surface area contributed by atoms with E-state index in [1.165, 1.54) is 39.6 Å². The minimum Gasteiger partial charge on any atom is -0.554 e. The summed E-state index contributed by atoms with van der Waals surface area (Å²) in [6.45, 7) is -0.500. The Morgan fingerprint density at radius 3 is 2.43 bits per heavy atom. The molecule has 0 aliphatic carbocycles. The minimum absolute atomic E-state index is 0.491. The Bertz CT molecular complexity index is 871. The molecule has 0 saturated carbocycles. The van der Waals surface area contributed by atoms with Gasteiger partial charge in [0.15, 0.2) is 0 Å². The monoisotopic (exact) mass is 379 g/mol. The van der Waals surface area contributed by atoms with Crippen molar-refractivity contribution >= 4 is 17.2 Å². The molecule has 0 heterocycles. The number of nitrogens with one attached hydrogen (secondary N) is 1. The third kappa shape index (κ3) is 5.83. The van der Waals surface area contributed by atoms with Gasteiger partial charge < -0.3 is 19.5 Å². The smallest absolute Gasteiger partial charge is 0.119 e. The van der Waals surface area contributed by atoms with Crippen molar-refractivity contribution in [1.29, 1.82) is 0 Å². The van der Waals surface area contributed by atoms with E-state index in [-0.39, 0.29) is 0 Å². The van der Waals surface area contributed by atoms with Crippen LogP contribution in [0.3, 0.4) is 0 Å². The van der Waals surface area contributed by atoms with Gasteiger partial charge >= 0.3 is 0 Å². The molecule has 3 aromatic rings. The van der Waals surface area contributed by atoms with Crippen LogP contribution in [0.1, 0.15) is 30.0 Å². The summed E-state index contributed by atoms with van der Waals surface area (Å²) >= 11 is 0. The van der Waals surface area contributed by atoms with Crippen molar-refractivity contribution in [2.24, 2.45) is 0 Å². The highest BCUT2D eigenvalue weighted by atomic mass is 16.5. The summed E-state index contributed by atoms with van der Waals surface area (Å²) in [6.07, 6.45) is 3.47. The van der Waals surface area contributed by atoms with Gasteiger partial charge in [-0.25, -0.2) is 0 Å². The zero-order valence-corrected chi connectivity index (χ0v) is 16.9. The number of hydrogen-bond acceptors (Lipinski definition) is 3. The summed E-state index contributed by atoms with van der Waals surface area (Å²) < 4.78 is 5.40. The summed E-state index contributed by atoms with van der Waals surface area (Å²) in [5.41, 5.74) is 2.81. The SMILES string of the molecule is COc1cccc(C(CCCc2cccc3ccccc23)[NH+](C)C)c1.O=C[O-]. The molecular weight excluding hydrogens is 350 g/mol. The predicted octanol–water partition coefficient (Wildman–Crippen LogP) is 2.42. The molecule has 1 unspecified atom stereocenters. The van der Waals surface area contributed by atoms with E-state index in [9.17, 15) is 0 Å². The van der Waals surface area contributed by atoms with Gasteiger partial charge in [0.25, 0.3) is 0 Å². The van der Waals surface area contributed by atoms with Gasteiger partial charge in [-0.15, -0.1) is 0 Å². The van der Waals surface area contributed by atoms with Gasteiger partial charge in [0, 0.05) is 18.5 Å². The Hall–Kier alpha value is -2.85. The molecule has 4 heteroatoms. The third-order valence-corrected chi connectivity index (χ3v) is 5.01. The lowest BCUT2D eigenvalue weighted by Gasteiger charge is -2.22. The molecule has 0 radical (unpaired) electrons. The summed E-state index contributed by atoms with van der Waals surface area (Å²) in [6, 6.07) is 24.3. The van der Waals surface area contributed by atoms with Crippen LogP contribution in [0, 0.1) is 0 Å². The molecular formula is C24H29NO3. The van der Waals surface area contributed by atoms with Crippen LogP contribution in [-0.4, -0.2) is 27.7 Å². The van der Waals surface area contributed by atoms with Crippen LogP contribution < -0.4 is 14.7 Å². The van der Waals surface area contributed by atoms with Gasteiger partial charge in [-0.05, 0) is 41.3 Å². The number of hydrogen-bond donors (Lipinski definition) is 1. The first-order valence-corrected chi connectivity index (χ1v) is 9.57. The zero-order valence-electron chi connectivity index (χ0n) is 16.9. The number of quaternary nitrogens is 1. The molecule has 0 spiro atoms. The van der Waals surface area contributed by atoms with Crippen molar-refractivity contribution in [2.75, 3.05) is 21.2 Å². The second kappa shape index (κ2) is 11.1. The van der Waals surface area contributed by atoms with Gasteiger partial charge in [0.2, 0.25) is 0 Å². The van der Waals surface area contributed by atoms with Crippen LogP contribution in [0.25, 0.3) is 10.8 Å². The number of ether oxygens (including phenoxy) is 1. The number of methoxy groups -OCH3 is 1. The average molecular weight is 380 g/mol. The van der Waals surface area contributed by atoms with Gasteiger partial charge in [0.1, 0.15) is 11.8 Å². The molecule has 4 nitrogen and oxygen atoms in total. The molecule has 0 aliphatic rings. The first-order chi connectivity index (χ1) is 13.6. The molecule has 28 heavy (non-hydrogen) atoms. The van der Waals surface area contributed by atoms with E-state index in [1.54, 1.807) is 7.11 Å². The van der Waals surface area contributed by atoms with Gasteiger partial charge in [-0.3, -0.25) is 0 Å². The van der Waals surface area contributed by atoms with Crippen molar-refractivity contribution in [2.45, 2.75) is 25.3 Å². The number of carbonyl (C=O) groups is 1. The molecule has 148 valence electrons. The summed E-state index contributed by atoms with van der Waals surface area (Å²) in [7, 11) is 6.21. The summed E-state index contributed by atoms with van der Waals surface area (Å²) in [5, 5.41) is 11.0. The lowest BCUT2D eigenvalue weighted by molar-refractivity contribution is -0.892. The van der Waals surface area contributed by atoms with Gasteiger partial charge in [0.05, 0.1) is 21.2 Å². The number of carbonyl (C=O) groups excluding carboxylic acids is 1. The second-order valence-electron chi connectivity index (χ2n) is 7.03. The number of rotatable bonds is 7. The van der Waals surface area contributed by atoms with E-state index in [1.807, 2.05) is 6.07 Å². The topological polar surface area (TPSA) is 53.8 Å². The Morgan fingerprint density at radius 1 is 1.04 bits per heavy atom. The van der Waals surface area contributed by atoms with E-state index < -0.39 is 6.47 Å². The maximum absolute atomic E-state index is 8.25. The lowest BCUT2D eigenvalue weighted by Crippen LogP contribution is -3.06. The third-order valence-electron chi connectivity index (χ3n) is 5.01. The molecule has 3 aromatic carbocycles. The number of carboxylic acid groups (broad SMARTS) is 1. The van der Waals surface area contributed by atoms with Crippen LogP contribution in [-0.2, 0) is 11.2 Å². The van der Waals surface area contributed by atoms with Crippen LogP contribution in [0.15, 0.2) is 66.7 Å². The van der Waals surface area contributed by atoms with Gasteiger partial charge in [-0.2, -0.15) is 0 Å². The van der Waals surface area contributed by atoms with Crippen LogP contribution in [0.2, 0.25) is 0 Å². The average Bonchev–Trinajstić information content (AvgIpc) is 2.71. The van der Waals surface area contributed by atoms with E-state index in [4.69, 9.17) is 14.6 Å². The molecule has 3 rings (SSSR count). The minimum atomic E-state index is -0.500. The molecule has 0 aromatic heterocycles. The Balaban J connectivity index is 0.000000878. The Kier molecular flexibility index (Phi) is 8.50. The van der Waals surface area contributed by atoms with Gasteiger partial charge in [-0.1, -0.05) is 54.6 Å². The highest BCUT2D eigenvalue weighted by molar-refractivity contribution is 5.85. The quantitative estimate of drug-likeness (QED) is 0.642. The zero-order chi connectivity index (χ0) is 20.4. The Morgan fingerprint density at radius 2 is 1.71 bits per heavy atom. The van der Waals surface area contributed by atoms with E-state index >= 15 is 0 Å². The molecule has 1 atom stereocenters. The Labute approximate surface area is 167 Å². The van der Waals surface area contributed by atoms with Crippen LogP contribution in [0.4, 0.5) is 0 Å². The number of fused-ring (bicyclic) bond motifs is 1. The van der Waals surface area contributed by atoms with Crippen molar-refractivity contribution < 1.29 is 19.5 Å². The largest absolute Gasteiger partial charge is 0.554 e. The van der Waals surface area contributed by atoms with Crippen molar-refractivity contribution in [1.82, 2.24) is 0 Å². The first-order valence-electron chi connectivity index (χ1n) is 9.57. The lowest BCUT2D eigenvalue weighted by atomic mass is 9.96. The van der Waals surface area contributed by atoms with Crippen LogP contribution in [0.5, 0.6) is 5.75 Å². The second-order valence-corrected chi connectivity index (χ2v) is 7.03. The number of benzene rings is 3. The number of aryl methyl sites for hydroxylation is 1. The molecule has 0 aliphatic heterocycles. The molecule has 0 bridgehead atoms. The fourth-order valence-electron chi connectivity index (χ4n) is 3.65. The summed E-state index contributed by atoms with van der Waals surface area (Å²) in [5.74, 6) is 0.942. The van der Waals surface area contributed by atoms with Crippen LogP contribution >= 0.6 is 0 Å². The van der Waals surface area contributed by atoms with Crippen molar-refractivity contribution in [3.8, 4) is 5.75 Å². The molecule has 1 N–H and O–H groups in total. The molecule has 0 fully saturated rings. The highest BCUT2D eigenvalue weighted by Gasteiger charge is 2.18. The normalized spacial score (nSPS) is 11.6.